The van der Waals surface area contributed by atoms with Crippen LogP contribution in [0.5, 0.6) is 5.88 Å². The number of fused-ring (bicyclic) bond motifs is 3. The number of thiophene rings is 1. The molecule has 2 unspecified atom stereocenters. The number of aromatic nitrogens is 1. The SMILES string of the molecule is COc1ncccc1CN1CC2c3cc(-c4ccsc4)ccc3S(=O)(=O)C2C1. The van der Waals surface area contributed by atoms with Crippen molar-refractivity contribution in [2.45, 2.75) is 22.6 Å². The molecule has 0 N–H and O–H groups in total. The highest BCUT2D eigenvalue weighted by atomic mass is 32.2. The average Bonchev–Trinajstić information content (AvgIpc) is 3.41. The molecule has 0 aliphatic carbocycles. The second-order valence-electron chi connectivity index (χ2n) is 7.32. The molecule has 0 amide bonds. The lowest BCUT2D eigenvalue weighted by Crippen LogP contribution is -2.26. The molecule has 144 valence electrons. The van der Waals surface area contributed by atoms with Crippen molar-refractivity contribution in [3.63, 3.8) is 0 Å². The molecule has 1 saturated heterocycles. The Kier molecular flexibility index (Phi) is 4.26. The average molecular weight is 413 g/mol. The van der Waals surface area contributed by atoms with E-state index in [1.165, 1.54) is 0 Å². The molecule has 3 aromatic rings. The molecule has 2 aliphatic rings. The van der Waals surface area contributed by atoms with Gasteiger partial charge in [-0.05, 0) is 51.7 Å². The summed E-state index contributed by atoms with van der Waals surface area (Å²) < 4.78 is 31.6. The van der Waals surface area contributed by atoms with Gasteiger partial charge in [-0.2, -0.15) is 11.3 Å². The van der Waals surface area contributed by atoms with E-state index in [0.29, 0.717) is 23.9 Å². The van der Waals surface area contributed by atoms with Gasteiger partial charge >= 0.3 is 0 Å². The molecular formula is C21H20N2O3S2. The van der Waals surface area contributed by atoms with Crippen LogP contribution in [-0.4, -0.2) is 43.8 Å². The Hall–Kier alpha value is -2.22. The van der Waals surface area contributed by atoms with Gasteiger partial charge in [-0.1, -0.05) is 12.1 Å². The molecule has 2 atom stereocenters. The molecule has 0 saturated carbocycles. The molecule has 0 spiro atoms. The van der Waals surface area contributed by atoms with Crippen LogP contribution in [0.4, 0.5) is 0 Å². The molecule has 4 heterocycles. The third-order valence-corrected chi connectivity index (χ3v) is 8.69. The van der Waals surface area contributed by atoms with Crippen molar-refractivity contribution in [3.8, 4) is 17.0 Å². The van der Waals surface area contributed by atoms with Gasteiger partial charge in [0.05, 0.1) is 17.3 Å². The van der Waals surface area contributed by atoms with Crippen LogP contribution in [0.3, 0.4) is 0 Å². The van der Waals surface area contributed by atoms with E-state index < -0.39 is 9.84 Å². The van der Waals surface area contributed by atoms with Crippen LogP contribution in [-0.2, 0) is 16.4 Å². The molecule has 5 rings (SSSR count). The van der Waals surface area contributed by atoms with Crippen molar-refractivity contribution in [2.24, 2.45) is 0 Å². The maximum Gasteiger partial charge on any atom is 0.217 e. The van der Waals surface area contributed by atoms with Crippen LogP contribution >= 0.6 is 11.3 Å². The lowest BCUT2D eigenvalue weighted by molar-refractivity contribution is 0.313. The number of rotatable bonds is 4. The van der Waals surface area contributed by atoms with E-state index >= 15 is 0 Å². The normalized spacial score (nSPS) is 22.8. The maximum absolute atomic E-state index is 13.1. The van der Waals surface area contributed by atoms with Crippen molar-refractivity contribution in [1.29, 1.82) is 0 Å². The Morgan fingerprint density at radius 2 is 2.11 bits per heavy atom. The van der Waals surface area contributed by atoms with Gasteiger partial charge in [-0.3, -0.25) is 4.90 Å². The molecule has 1 aromatic carbocycles. The van der Waals surface area contributed by atoms with Crippen molar-refractivity contribution in [3.05, 3.63) is 64.5 Å². The number of nitrogens with zero attached hydrogens (tertiary/aromatic N) is 2. The zero-order chi connectivity index (χ0) is 19.3. The minimum absolute atomic E-state index is 0.0150. The largest absolute Gasteiger partial charge is 0.481 e. The molecule has 28 heavy (non-hydrogen) atoms. The summed E-state index contributed by atoms with van der Waals surface area (Å²) in [6.45, 7) is 1.90. The minimum atomic E-state index is -3.30. The van der Waals surface area contributed by atoms with Gasteiger partial charge in [0, 0.05) is 37.3 Å². The second-order valence-corrected chi connectivity index (χ2v) is 10.2. The number of methoxy groups -OCH3 is 1. The monoisotopic (exact) mass is 412 g/mol. The van der Waals surface area contributed by atoms with Gasteiger partial charge in [0.25, 0.3) is 0 Å². The van der Waals surface area contributed by atoms with Crippen molar-refractivity contribution in [1.82, 2.24) is 9.88 Å². The first-order valence-corrected chi connectivity index (χ1v) is 11.7. The van der Waals surface area contributed by atoms with E-state index in [1.54, 1.807) is 30.7 Å². The first kappa shape index (κ1) is 17.8. The zero-order valence-corrected chi connectivity index (χ0v) is 17.0. The standard InChI is InChI=1S/C21H20N2O3S2/c1-26-21-15(3-2-7-22-21)10-23-11-18-17-9-14(16-6-8-27-13-16)4-5-19(17)28(24,25)20(18)12-23/h2-9,13,18,20H,10-12H2,1H3. The fraction of sp³-hybridized carbons (Fsp3) is 0.286. The summed E-state index contributed by atoms with van der Waals surface area (Å²) in [6.07, 6.45) is 1.70. The topological polar surface area (TPSA) is 59.5 Å². The third-order valence-electron chi connectivity index (χ3n) is 5.75. The van der Waals surface area contributed by atoms with Crippen molar-refractivity contribution >= 4 is 21.2 Å². The van der Waals surface area contributed by atoms with Crippen LogP contribution in [0.2, 0.25) is 0 Å². The molecule has 0 bridgehead atoms. The fourth-order valence-electron chi connectivity index (χ4n) is 4.43. The second kappa shape index (κ2) is 6.69. The van der Waals surface area contributed by atoms with E-state index in [0.717, 1.165) is 28.8 Å². The Labute approximate surface area is 168 Å². The van der Waals surface area contributed by atoms with Gasteiger partial charge in [-0.15, -0.1) is 0 Å². The summed E-state index contributed by atoms with van der Waals surface area (Å²) in [6, 6.07) is 11.7. The summed E-state index contributed by atoms with van der Waals surface area (Å²) in [5.74, 6) is 0.615. The lowest BCUT2D eigenvalue weighted by Gasteiger charge is -2.18. The van der Waals surface area contributed by atoms with Gasteiger partial charge in [0.2, 0.25) is 5.88 Å². The lowest BCUT2D eigenvalue weighted by atomic mass is 9.95. The maximum atomic E-state index is 13.1. The van der Waals surface area contributed by atoms with Gasteiger partial charge in [0.1, 0.15) is 0 Å². The highest BCUT2D eigenvalue weighted by molar-refractivity contribution is 7.92. The first-order chi connectivity index (χ1) is 13.6. The molecule has 1 fully saturated rings. The van der Waals surface area contributed by atoms with E-state index in [9.17, 15) is 8.42 Å². The Bertz CT molecular complexity index is 1130. The van der Waals surface area contributed by atoms with Gasteiger partial charge < -0.3 is 4.74 Å². The quantitative estimate of drug-likeness (QED) is 0.656. The highest BCUT2D eigenvalue weighted by Gasteiger charge is 2.50. The fourth-order valence-corrected chi connectivity index (χ4v) is 7.29. The number of likely N-dealkylation sites (tertiary alicyclic amines) is 1. The van der Waals surface area contributed by atoms with Crippen LogP contribution < -0.4 is 4.74 Å². The number of hydrogen-bond acceptors (Lipinski definition) is 6. The number of sulfone groups is 1. The van der Waals surface area contributed by atoms with Gasteiger partial charge in [-0.25, -0.2) is 13.4 Å². The summed E-state index contributed by atoms with van der Waals surface area (Å²) in [7, 11) is -1.69. The number of benzene rings is 1. The predicted octanol–water partition coefficient (Wildman–Crippen LogP) is 3.57. The van der Waals surface area contributed by atoms with Crippen LogP contribution in [0.25, 0.3) is 11.1 Å². The van der Waals surface area contributed by atoms with Crippen molar-refractivity contribution in [2.75, 3.05) is 20.2 Å². The smallest absolute Gasteiger partial charge is 0.217 e. The number of pyridine rings is 1. The minimum Gasteiger partial charge on any atom is -0.481 e. The molecule has 0 radical (unpaired) electrons. The number of hydrogen-bond donors (Lipinski definition) is 0. The summed E-state index contributed by atoms with van der Waals surface area (Å²) >= 11 is 1.65. The van der Waals surface area contributed by atoms with Crippen LogP contribution in [0.15, 0.2) is 58.3 Å². The molecule has 2 aliphatic heterocycles. The number of ether oxygens (including phenoxy) is 1. The van der Waals surface area contributed by atoms with Gasteiger partial charge in [0.15, 0.2) is 9.84 Å². The summed E-state index contributed by atoms with van der Waals surface area (Å²) in [4.78, 5) is 6.96. The zero-order valence-electron chi connectivity index (χ0n) is 15.4. The molecule has 7 heteroatoms. The van der Waals surface area contributed by atoms with E-state index in [1.807, 2.05) is 23.6 Å². The van der Waals surface area contributed by atoms with E-state index in [4.69, 9.17) is 4.74 Å². The van der Waals surface area contributed by atoms with Crippen LogP contribution in [0.1, 0.15) is 17.0 Å². The predicted molar refractivity (Wildman–Crippen MR) is 110 cm³/mol. The highest BCUT2D eigenvalue weighted by Crippen LogP contribution is 2.46. The first-order valence-electron chi connectivity index (χ1n) is 9.18. The van der Waals surface area contributed by atoms with E-state index in [-0.39, 0.29) is 11.2 Å². The van der Waals surface area contributed by atoms with Crippen molar-refractivity contribution < 1.29 is 13.2 Å². The Morgan fingerprint density at radius 3 is 2.89 bits per heavy atom. The summed E-state index contributed by atoms with van der Waals surface area (Å²) in [5.41, 5.74) is 4.18. The summed E-state index contributed by atoms with van der Waals surface area (Å²) in [5, 5.41) is 3.77. The molecule has 2 aromatic heterocycles. The van der Waals surface area contributed by atoms with Crippen LogP contribution in [0, 0.1) is 0 Å². The molecular weight excluding hydrogens is 392 g/mol. The molecule has 5 nitrogen and oxygen atoms in total. The third kappa shape index (κ3) is 2.77. The van der Waals surface area contributed by atoms with E-state index in [2.05, 4.69) is 27.4 Å². The Balaban J connectivity index is 1.47. The Morgan fingerprint density at radius 1 is 1.21 bits per heavy atom.